The van der Waals surface area contributed by atoms with E-state index in [1.165, 1.54) is 6.07 Å². The third-order valence-electron chi connectivity index (χ3n) is 2.86. The van der Waals surface area contributed by atoms with Crippen LogP contribution in [0.15, 0.2) is 44.5 Å². The average Bonchev–Trinajstić information content (AvgIpc) is 3.07. The van der Waals surface area contributed by atoms with Gasteiger partial charge in [0.2, 0.25) is 5.09 Å². The summed E-state index contributed by atoms with van der Waals surface area (Å²) in [5.41, 5.74) is 5.39. The summed E-state index contributed by atoms with van der Waals surface area (Å²) in [5.74, 6) is 1.27. The fourth-order valence-corrected chi connectivity index (χ4v) is 3.04. The van der Waals surface area contributed by atoms with Crippen LogP contribution in [0.1, 0.15) is 24.9 Å². The van der Waals surface area contributed by atoms with Crippen molar-refractivity contribution >= 4 is 10.0 Å². The van der Waals surface area contributed by atoms with Gasteiger partial charge in [0, 0.05) is 12.5 Å². The second-order valence-electron chi connectivity index (χ2n) is 4.57. The van der Waals surface area contributed by atoms with Gasteiger partial charge in [-0.3, -0.25) is 0 Å². The predicted molar refractivity (Wildman–Crippen MR) is 73.4 cm³/mol. The normalized spacial score (nSPS) is 13.5. The zero-order valence-corrected chi connectivity index (χ0v) is 12.0. The van der Waals surface area contributed by atoms with Crippen molar-refractivity contribution in [3.63, 3.8) is 0 Å². The van der Waals surface area contributed by atoms with Crippen molar-refractivity contribution in [1.82, 2.24) is 4.72 Å². The van der Waals surface area contributed by atoms with Gasteiger partial charge in [0.25, 0.3) is 10.0 Å². The first-order valence-electron chi connectivity index (χ1n) is 6.35. The summed E-state index contributed by atoms with van der Waals surface area (Å²) < 4.78 is 37.1. The molecule has 1 unspecified atom stereocenters. The first-order valence-corrected chi connectivity index (χ1v) is 7.83. The summed E-state index contributed by atoms with van der Waals surface area (Å²) >= 11 is 0. The quantitative estimate of drug-likeness (QED) is 0.809. The molecule has 1 atom stereocenters. The van der Waals surface area contributed by atoms with Crippen LogP contribution in [0.4, 0.5) is 0 Å². The fraction of sp³-hybridized carbons (Fsp3) is 0.385. The number of nitrogens with one attached hydrogen (secondary N) is 1. The Morgan fingerprint density at radius 2 is 2.10 bits per heavy atom. The molecule has 3 N–H and O–H groups in total. The summed E-state index contributed by atoms with van der Waals surface area (Å²) in [6.45, 7) is 1.97. The minimum atomic E-state index is -3.64. The molecule has 2 aromatic heterocycles. The van der Waals surface area contributed by atoms with Crippen LogP contribution in [0, 0.1) is 0 Å². The average molecular weight is 298 g/mol. The molecule has 0 aromatic carbocycles. The highest BCUT2D eigenvalue weighted by Crippen LogP contribution is 2.15. The Bertz CT molecular complexity index is 631. The Hall–Kier alpha value is -1.57. The van der Waals surface area contributed by atoms with Gasteiger partial charge in [-0.15, -0.1) is 0 Å². The fourth-order valence-electron chi connectivity index (χ4n) is 1.81. The lowest BCUT2D eigenvalue weighted by Crippen LogP contribution is -2.32. The van der Waals surface area contributed by atoms with Crippen molar-refractivity contribution in [2.75, 3.05) is 0 Å². The molecule has 0 bridgehead atoms. The van der Waals surface area contributed by atoms with Gasteiger partial charge in [0.1, 0.15) is 11.5 Å². The van der Waals surface area contributed by atoms with E-state index in [9.17, 15) is 8.42 Å². The van der Waals surface area contributed by atoms with Gasteiger partial charge in [-0.1, -0.05) is 0 Å². The number of rotatable bonds is 7. The molecule has 110 valence electrons. The largest absolute Gasteiger partial charge is 0.469 e. The van der Waals surface area contributed by atoms with Gasteiger partial charge in [-0.25, -0.2) is 13.1 Å². The molecule has 20 heavy (non-hydrogen) atoms. The van der Waals surface area contributed by atoms with E-state index in [1.807, 2.05) is 6.07 Å². The van der Waals surface area contributed by atoms with Crippen molar-refractivity contribution in [3.8, 4) is 0 Å². The van der Waals surface area contributed by atoms with E-state index in [1.54, 1.807) is 25.3 Å². The summed E-state index contributed by atoms with van der Waals surface area (Å²) in [6.07, 6.45) is 2.90. The van der Waals surface area contributed by atoms with Crippen LogP contribution in [0.3, 0.4) is 0 Å². The van der Waals surface area contributed by atoms with Crippen LogP contribution >= 0.6 is 0 Å². The molecule has 7 heteroatoms. The Kier molecular flexibility index (Phi) is 4.64. The van der Waals surface area contributed by atoms with Crippen LogP contribution < -0.4 is 10.5 Å². The SMILES string of the molecule is CC(CCc1ccco1)NS(=O)(=O)c1ccc(CN)o1. The molecule has 0 saturated carbocycles. The molecule has 2 heterocycles. The van der Waals surface area contributed by atoms with E-state index in [0.717, 1.165) is 5.76 Å². The van der Waals surface area contributed by atoms with Crippen LogP contribution in [0.25, 0.3) is 0 Å². The monoisotopic (exact) mass is 298 g/mol. The van der Waals surface area contributed by atoms with E-state index in [0.29, 0.717) is 18.6 Å². The van der Waals surface area contributed by atoms with Gasteiger partial charge in [-0.05, 0) is 37.6 Å². The molecule has 0 aliphatic carbocycles. The maximum atomic E-state index is 12.1. The number of nitrogens with two attached hydrogens (primary N) is 1. The number of aryl methyl sites for hydroxylation is 1. The predicted octanol–water partition coefficient (Wildman–Crippen LogP) is 1.63. The van der Waals surface area contributed by atoms with Gasteiger partial charge in [0.05, 0.1) is 12.8 Å². The van der Waals surface area contributed by atoms with Gasteiger partial charge in [0.15, 0.2) is 0 Å². The minimum Gasteiger partial charge on any atom is -0.469 e. The van der Waals surface area contributed by atoms with E-state index in [4.69, 9.17) is 14.6 Å². The van der Waals surface area contributed by atoms with Crippen LogP contribution in [-0.2, 0) is 23.0 Å². The molecule has 0 saturated heterocycles. The smallest absolute Gasteiger partial charge is 0.274 e. The molecular formula is C13H18N2O4S. The van der Waals surface area contributed by atoms with Gasteiger partial charge in [-0.2, -0.15) is 0 Å². The van der Waals surface area contributed by atoms with E-state index in [-0.39, 0.29) is 17.7 Å². The maximum Gasteiger partial charge on any atom is 0.274 e. The molecule has 0 aliphatic rings. The molecule has 0 spiro atoms. The van der Waals surface area contributed by atoms with Crippen LogP contribution in [0.2, 0.25) is 0 Å². The molecule has 0 radical (unpaired) electrons. The molecular weight excluding hydrogens is 280 g/mol. The maximum absolute atomic E-state index is 12.1. The van der Waals surface area contributed by atoms with Crippen molar-refractivity contribution < 1.29 is 17.3 Å². The zero-order valence-electron chi connectivity index (χ0n) is 11.2. The van der Waals surface area contributed by atoms with Crippen molar-refractivity contribution in [2.24, 2.45) is 5.73 Å². The van der Waals surface area contributed by atoms with E-state index < -0.39 is 10.0 Å². The lowest BCUT2D eigenvalue weighted by Gasteiger charge is -2.12. The molecule has 0 fully saturated rings. The third-order valence-corrected chi connectivity index (χ3v) is 4.33. The van der Waals surface area contributed by atoms with Gasteiger partial charge < -0.3 is 14.6 Å². The molecule has 0 amide bonds. The second kappa shape index (κ2) is 6.25. The highest BCUT2D eigenvalue weighted by Gasteiger charge is 2.21. The number of hydrogen-bond acceptors (Lipinski definition) is 5. The molecule has 2 aromatic rings. The number of furan rings is 2. The highest BCUT2D eigenvalue weighted by molar-refractivity contribution is 7.89. The second-order valence-corrected chi connectivity index (χ2v) is 6.21. The summed E-state index contributed by atoms with van der Waals surface area (Å²) in [4.78, 5) is 0. The lowest BCUT2D eigenvalue weighted by atomic mass is 10.2. The Balaban J connectivity index is 1.93. The number of hydrogen-bond donors (Lipinski definition) is 2. The topological polar surface area (TPSA) is 98.5 Å². The molecule has 2 rings (SSSR count). The van der Waals surface area contributed by atoms with E-state index in [2.05, 4.69) is 4.72 Å². The zero-order chi connectivity index (χ0) is 14.6. The first kappa shape index (κ1) is 14.8. The van der Waals surface area contributed by atoms with E-state index >= 15 is 0 Å². The van der Waals surface area contributed by atoms with Crippen LogP contribution in [0.5, 0.6) is 0 Å². The number of sulfonamides is 1. The van der Waals surface area contributed by atoms with Crippen molar-refractivity contribution in [1.29, 1.82) is 0 Å². The summed E-state index contributed by atoms with van der Waals surface area (Å²) in [6, 6.07) is 6.41. The van der Waals surface area contributed by atoms with Gasteiger partial charge >= 0.3 is 0 Å². The van der Waals surface area contributed by atoms with Crippen LogP contribution in [-0.4, -0.2) is 14.5 Å². The minimum absolute atomic E-state index is 0.109. The third kappa shape index (κ3) is 3.72. The molecule has 0 aliphatic heterocycles. The summed E-state index contributed by atoms with van der Waals surface area (Å²) in [5, 5.41) is -0.109. The van der Waals surface area contributed by atoms with Crippen molar-refractivity contribution in [3.05, 3.63) is 42.0 Å². The first-order chi connectivity index (χ1) is 9.51. The Morgan fingerprint density at radius 3 is 2.70 bits per heavy atom. The lowest BCUT2D eigenvalue weighted by molar-refractivity contribution is 0.409. The molecule has 6 nitrogen and oxygen atoms in total. The highest BCUT2D eigenvalue weighted by atomic mass is 32.2. The Morgan fingerprint density at radius 1 is 1.30 bits per heavy atom. The summed E-state index contributed by atoms with van der Waals surface area (Å²) in [7, 11) is -3.64. The Labute approximate surface area is 118 Å². The standard InChI is InChI=1S/C13H18N2O4S/c1-10(4-5-11-3-2-8-18-11)15-20(16,17)13-7-6-12(9-14)19-13/h2-3,6-8,10,15H,4-5,9,14H2,1H3. The van der Waals surface area contributed by atoms with Crippen molar-refractivity contribution in [2.45, 2.75) is 37.4 Å².